The molecule has 1 aromatic carbocycles. The van der Waals surface area contributed by atoms with Gasteiger partial charge in [0, 0.05) is 18.4 Å². The Labute approximate surface area is 134 Å². The predicted octanol–water partition coefficient (Wildman–Crippen LogP) is 3.52. The second kappa shape index (κ2) is 8.94. The minimum atomic E-state index is 0.163. The average molecular weight is 302 g/mol. The maximum absolute atomic E-state index is 12.1. The third-order valence-corrected chi connectivity index (χ3v) is 4.93. The van der Waals surface area contributed by atoms with Crippen LogP contribution in [0.4, 0.5) is 0 Å². The molecule has 1 aromatic rings. The number of carbonyl (C=O) groups excluding carboxylic acids is 1. The molecule has 0 spiro atoms. The van der Waals surface area contributed by atoms with Gasteiger partial charge in [0.25, 0.3) is 0 Å². The number of rotatable bonds is 9. The maximum atomic E-state index is 12.1. The lowest BCUT2D eigenvalue weighted by atomic mass is 9.79. The van der Waals surface area contributed by atoms with Crippen LogP contribution in [0, 0.1) is 0 Å². The fourth-order valence-corrected chi connectivity index (χ4v) is 3.55. The second-order valence-corrected chi connectivity index (χ2v) is 6.58. The fraction of sp³-hybridized carbons (Fsp3) is 0.632. The molecule has 1 fully saturated rings. The van der Waals surface area contributed by atoms with Gasteiger partial charge in [0.1, 0.15) is 0 Å². The molecule has 0 atom stereocenters. The van der Waals surface area contributed by atoms with Crippen LogP contribution in [0.15, 0.2) is 30.3 Å². The van der Waals surface area contributed by atoms with E-state index in [9.17, 15) is 4.79 Å². The number of amides is 1. The molecular weight excluding hydrogens is 272 g/mol. The van der Waals surface area contributed by atoms with Gasteiger partial charge in [-0.2, -0.15) is 0 Å². The van der Waals surface area contributed by atoms with Gasteiger partial charge in [-0.25, -0.2) is 0 Å². The molecule has 2 rings (SSSR count). The lowest BCUT2D eigenvalue weighted by Crippen LogP contribution is -2.38. The standard InChI is InChI=1S/C19H30N2O/c20-15-9-2-1-6-12-18(22)21-16-19(13-7-8-14-19)17-10-4-3-5-11-17/h3-5,10-11H,1-2,6-9,12-16,20H2,(H,21,22). The van der Waals surface area contributed by atoms with Crippen molar-refractivity contribution >= 4 is 5.91 Å². The van der Waals surface area contributed by atoms with Crippen LogP contribution >= 0.6 is 0 Å². The van der Waals surface area contributed by atoms with Crippen molar-refractivity contribution in [3.8, 4) is 0 Å². The fourth-order valence-electron chi connectivity index (χ4n) is 3.55. The highest BCUT2D eigenvalue weighted by Crippen LogP contribution is 2.40. The van der Waals surface area contributed by atoms with E-state index in [4.69, 9.17) is 5.73 Å². The molecule has 0 aliphatic heterocycles. The molecule has 1 amide bonds. The number of nitrogens with two attached hydrogens (primary N) is 1. The normalized spacial score (nSPS) is 16.6. The van der Waals surface area contributed by atoms with Gasteiger partial charge in [-0.3, -0.25) is 4.79 Å². The van der Waals surface area contributed by atoms with Gasteiger partial charge in [0.2, 0.25) is 5.91 Å². The number of hydrogen-bond acceptors (Lipinski definition) is 2. The van der Waals surface area contributed by atoms with Crippen LogP contribution in [0.25, 0.3) is 0 Å². The van der Waals surface area contributed by atoms with Gasteiger partial charge < -0.3 is 11.1 Å². The van der Waals surface area contributed by atoms with Crippen LogP contribution < -0.4 is 11.1 Å². The first-order valence-corrected chi connectivity index (χ1v) is 8.79. The van der Waals surface area contributed by atoms with E-state index in [0.29, 0.717) is 6.42 Å². The first kappa shape index (κ1) is 17.0. The van der Waals surface area contributed by atoms with Crippen LogP contribution in [0.2, 0.25) is 0 Å². The Morgan fingerprint density at radius 1 is 1.05 bits per heavy atom. The number of unbranched alkanes of at least 4 members (excludes halogenated alkanes) is 3. The summed E-state index contributed by atoms with van der Waals surface area (Å²) in [5, 5.41) is 3.19. The van der Waals surface area contributed by atoms with Crippen molar-refractivity contribution in [2.75, 3.05) is 13.1 Å². The zero-order valence-corrected chi connectivity index (χ0v) is 13.7. The van der Waals surface area contributed by atoms with Crippen LogP contribution in [-0.2, 0) is 10.2 Å². The molecule has 0 unspecified atom stereocenters. The molecule has 3 N–H and O–H groups in total. The highest BCUT2D eigenvalue weighted by atomic mass is 16.1. The Hall–Kier alpha value is -1.35. The zero-order valence-electron chi connectivity index (χ0n) is 13.7. The largest absolute Gasteiger partial charge is 0.355 e. The van der Waals surface area contributed by atoms with Crippen molar-refractivity contribution in [2.24, 2.45) is 5.73 Å². The highest BCUT2D eigenvalue weighted by Gasteiger charge is 2.35. The summed E-state index contributed by atoms with van der Waals surface area (Å²) in [5.74, 6) is 0.204. The van der Waals surface area contributed by atoms with Gasteiger partial charge in [-0.1, -0.05) is 56.0 Å². The van der Waals surface area contributed by atoms with E-state index in [1.54, 1.807) is 0 Å². The minimum absolute atomic E-state index is 0.163. The Bertz CT molecular complexity index is 438. The van der Waals surface area contributed by atoms with Crippen molar-refractivity contribution in [3.63, 3.8) is 0 Å². The van der Waals surface area contributed by atoms with Crippen LogP contribution in [0.3, 0.4) is 0 Å². The summed E-state index contributed by atoms with van der Waals surface area (Å²) in [7, 11) is 0. The first-order chi connectivity index (χ1) is 10.8. The van der Waals surface area contributed by atoms with Gasteiger partial charge in [-0.05, 0) is 37.8 Å². The molecule has 1 saturated carbocycles. The number of carbonyl (C=O) groups is 1. The molecule has 22 heavy (non-hydrogen) atoms. The Balaban J connectivity index is 1.79. The van der Waals surface area contributed by atoms with Crippen LogP contribution in [0.1, 0.15) is 63.4 Å². The number of benzene rings is 1. The Kier molecular flexibility index (Phi) is 6.91. The smallest absolute Gasteiger partial charge is 0.220 e. The summed E-state index contributed by atoms with van der Waals surface area (Å²) in [6.07, 6.45) is 9.85. The lowest BCUT2D eigenvalue weighted by Gasteiger charge is -2.30. The summed E-state index contributed by atoms with van der Waals surface area (Å²) in [5.41, 5.74) is 7.03. The topological polar surface area (TPSA) is 55.1 Å². The molecule has 0 bridgehead atoms. The van der Waals surface area contributed by atoms with Crippen LogP contribution in [0.5, 0.6) is 0 Å². The minimum Gasteiger partial charge on any atom is -0.355 e. The molecule has 1 aliphatic rings. The first-order valence-electron chi connectivity index (χ1n) is 8.79. The molecule has 0 saturated heterocycles. The quantitative estimate of drug-likeness (QED) is 0.686. The van der Waals surface area contributed by atoms with Crippen molar-refractivity contribution in [3.05, 3.63) is 35.9 Å². The van der Waals surface area contributed by atoms with Gasteiger partial charge in [0.05, 0.1) is 0 Å². The van der Waals surface area contributed by atoms with Crippen molar-refractivity contribution < 1.29 is 4.79 Å². The van der Waals surface area contributed by atoms with E-state index in [1.807, 2.05) is 0 Å². The summed E-state index contributed by atoms with van der Waals surface area (Å²) >= 11 is 0. The summed E-state index contributed by atoms with van der Waals surface area (Å²) in [6, 6.07) is 10.7. The number of hydrogen-bond donors (Lipinski definition) is 2. The average Bonchev–Trinajstić information content (AvgIpc) is 3.04. The SMILES string of the molecule is NCCCCCCC(=O)NCC1(c2ccccc2)CCCC1. The van der Waals surface area contributed by atoms with E-state index in [2.05, 4.69) is 35.6 Å². The van der Waals surface area contributed by atoms with E-state index < -0.39 is 0 Å². The van der Waals surface area contributed by atoms with Crippen molar-refractivity contribution in [2.45, 2.75) is 63.2 Å². The lowest BCUT2D eigenvalue weighted by molar-refractivity contribution is -0.121. The molecule has 0 radical (unpaired) electrons. The molecule has 3 nitrogen and oxygen atoms in total. The third kappa shape index (κ3) is 4.84. The molecule has 0 aromatic heterocycles. The molecule has 3 heteroatoms. The Morgan fingerprint density at radius 2 is 1.73 bits per heavy atom. The van der Waals surface area contributed by atoms with Gasteiger partial charge in [0.15, 0.2) is 0 Å². The summed E-state index contributed by atoms with van der Waals surface area (Å²) in [6.45, 7) is 1.55. The van der Waals surface area contributed by atoms with E-state index in [1.165, 1.54) is 31.2 Å². The zero-order chi connectivity index (χ0) is 15.7. The van der Waals surface area contributed by atoms with Crippen LogP contribution in [-0.4, -0.2) is 19.0 Å². The Morgan fingerprint density at radius 3 is 2.41 bits per heavy atom. The summed E-state index contributed by atoms with van der Waals surface area (Å²) < 4.78 is 0. The monoisotopic (exact) mass is 302 g/mol. The van der Waals surface area contributed by atoms with E-state index in [-0.39, 0.29) is 11.3 Å². The van der Waals surface area contributed by atoms with E-state index in [0.717, 1.165) is 38.8 Å². The van der Waals surface area contributed by atoms with E-state index >= 15 is 0 Å². The number of nitrogens with one attached hydrogen (secondary N) is 1. The maximum Gasteiger partial charge on any atom is 0.220 e. The van der Waals surface area contributed by atoms with Crippen molar-refractivity contribution in [1.29, 1.82) is 0 Å². The predicted molar refractivity (Wildman–Crippen MR) is 91.7 cm³/mol. The van der Waals surface area contributed by atoms with Gasteiger partial charge in [-0.15, -0.1) is 0 Å². The van der Waals surface area contributed by atoms with Crippen molar-refractivity contribution in [1.82, 2.24) is 5.32 Å². The molecule has 0 heterocycles. The third-order valence-electron chi connectivity index (χ3n) is 4.93. The highest BCUT2D eigenvalue weighted by molar-refractivity contribution is 5.76. The second-order valence-electron chi connectivity index (χ2n) is 6.58. The summed E-state index contributed by atoms with van der Waals surface area (Å²) in [4.78, 5) is 12.1. The molecule has 122 valence electrons. The molecular formula is C19H30N2O. The van der Waals surface area contributed by atoms with Gasteiger partial charge >= 0.3 is 0 Å². The molecule has 1 aliphatic carbocycles.